The summed E-state index contributed by atoms with van der Waals surface area (Å²) in [5, 5.41) is 9.31. The van der Waals surface area contributed by atoms with Crippen molar-refractivity contribution in [2.75, 3.05) is 10.6 Å². The summed E-state index contributed by atoms with van der Waals surface area (Å²) >= 11 is 12.1. The van der Waals surface area contributed by atoms with Crippen molar-refractivity contribution in [3.8, 4) is 0 Å². The number of fused-ring (bicyclic) bond motifs is 1. The molecule has 2 aliphatic rings. The van der Waals surface area contributed by atoms with Gasteiger partial charge < -0.3 is 16.0 Å². The number of anilines is 3. The van der Waals surface area contributed by atoms with E-state index < -0.39 is 11.5 Å². The molecule has 2 amide bonds. The molecule has 1 aromatic heterocycles. The number of halogens is 2. The van der Waals surface area contributed by atoms with E-state index in [9.17, 15) is 14.4 Å². The predicted molar refractivity (Wildman–Crippen MR) is 116 cm³/mol. The number of rotatable bonds is 4. The maximum atomic E-state index is 12.9. The van der Waals surface area contributed by atoms with Crippen molar-refractivity contribution >= 4 is 52.5 Å². The quantitative estimate of drug-likeness (QED) is 0.567. The second-order valence-corrected chi connectivity index (χ2v) is 8.42. The molecule has 2 heterocycles. The van der Waals surface area contributed by atoms with Crippen LogP contribution in [0.5, 0.6) is 0 Å². The summed E-state index contributed by atoms with van der Waals surface area (Å²) in [6.45, 7) is 0. The van der Waals surface area contributed by atoms with Gasteiger partial charge in [0.1, 0.15) is 5.82 Å². The highest BCUT2D eigenvalue weighted by atomic mass is 35.5. The molecule has 1 aliphatic carbocycles. The Morgan fingerprint density at radius 3 is 2.63 bits per heavy atom. The first-order valence-electron chi connectivity index (χ1n) is 9.87. The fourth-order valence-corrected chi connectivity index (χ4v) is 4.38. The van der Waals surface area contributed by atoms with E-state index in [0.717, 1.165) is 32.1 Å². The molecule has 10 heteroatoms. The van der Waals surface area contributed by atoms with E-state index >= 15 is 0 Å². The van der Waals surface area contributed by atoms with Crippen LogP contribution in [0, 0.1) is 0 Å². The SMILES string of the molecule is O=C1C[C@H](C(=O)NC2CCCCC2)c2c(nc(Nc3ccc(Cl)cc3Cl)[nH]c2=O)N1. The van der Waals surface area contributed by atoms with Crippen molar-refractivity contribution in [1.29, 1.82) is 0 Å². The number of aromatic amines is 1. The third-order valence-electron chi connectivity index (χ3n) is 5.40. The van der Waals surface area contributed by atoms with Crippen LogP contribution in [0.1, 0.15) is 50.0 Å². The fraction of sp³-hybridized carbons (Fsp3) is 0.400. The van der Waals surface area contributed by atoms with E-state index in [-0.39, 0.29) is 41.6 Å². The van der Waals surface area contributed by atoms with Crippen LogP contribution in [0.4, 0.5) is 17.5 Å². The standard InChI is InChI=1S/C20H21Cl2N5O3/c21-10-6-7-14(13(22)8-10)24-20-26-17-16(19(30)27-20)12(9-15(28)25-17)18(29)23-11-4-2-1-3-5-11/h6-8,11-12H,1-5,9H2,(H,23,29)(H3,24,25,26,27,28,30)/t12-/m0/s1. The van der Waals surface area contributed by atoms with Gasteiger partial charge in [0, 0.05) is 17.5 Å². The van der Waals surface area contributed by atoms with E-state index in [1.165, 1.54) is 0 Å². The van der Waals surface area contributed by atoms with Gasteiger partial charge in [0.15, 0.2) is 0 Å². The molecule has 8 nitrogen and oxygen atoms in total. The molecule has 1 fully saturated rings. The van der Waals surface area contributed by atoms with E-state index in [1.807, 2.05) is 0 Å². The molecule has 0 spiro atoms. The van der Waals surface area contributed by atoms with Crippen LogP contribution in [-0.2, 0) is 9.59 Å². The molecule has 1 aliphatic heterocycles. The zero-order valence-electron chi connectivity index (χ0n) is 16.1. The van der Waals surface area contributed by atoms with Gasteiger partial charge in [-0.1, -0.05) is 42.5 Å². The number of nitrogens with zero attached hydrogens (tertiary/aromatic N) is 1. The Hall–Kier alpha value is -2.58. The molecule has 158 valence electrons. The lowest BCUT2D eigenvalue weighted by atomic mass is 9.90. The lowest BCUT2D eigenvalue weighted by Gasteiger charge is -2.28. The van der Waals surface area contributed by atoms with Crippen LogP contribution in [0.15, 0.2) is 23.0 Å². The summed E-state index contributed by atoms with van der Waals surface area (Å²) in [4.78, 5) is 44.8. The molecule has 0 unspecified atom stereocenters. The molecule has 4 rings (SSSR count). The highest BCUT2D eigenvalue weighted by molar-refractivity contribution is 6.36. The number of hydrogen-bond acceptors (Lipinski definition) is 5. The Morgan fingerprint density at radius 1 is 1.13 bits per heavy atom. The summed E-state index contributed by atoms with van der Waals surface area (Å²) < 4.78 is 0. The molecule has 0 saturated heterocycles. The summed E-state index contributed by atoms with van der Waals surface area (Å²) in [5.41, 5.74) is 0.157. The molecular formula is C20H21Cl2N5O3. The van der Waals surface area contributed by atoms with E-state index in [0.29, 0.717) is 15.7 Å². The van der Waals surface area contributed by atoms with Crippen LogP contribution in [0.3, 0.4) is 0 Å². The number of amides is 2. The third kappa shape index (κ3) is 4.44. The summed E-state index contributed by atoms with van der Waals surface area (Å²) in [6, 6.07) is 4.91. The number of aromatic nitrogens is 2. The average Bonchev–Trinajstić information content (AvgIpc) is 2.70. The monoisotopic (exact) mass is 449 g/mol. The van der Waals surface area contributed by atoms with Crippen molar-refractivity contribution in [1.82, 2.24) is 15.3 Å². The average molecular weight is 450 g/mol. The van der Waals surface area contributed by atoms with Gasteiger partial charge in [0.2, 0.25) is 17.8 Å². The van der Waals surface area contributed by atoms with Gasteiger partial charge in [0.05, 0.1) is 22.2 Å². The highest BCUT2D eigenvalue weighted by Gasteiger charge is 2.35. The molecule has 2 aromatic rings. The maximum absolute atomic E-state index is 12.9. The van der Waals surface area contributed by atoms with Crippen LogP contribution in [0.25, 0.3) is 0 Å². The van der Waals surface area contributed by atoms with Gasteiger partial charge in [-0.2, -0.15) is 4.98 Å². The molecule has 4 N–H and O–H groups in total. The topological polar surface area (TPSA) is 116 Å². The summed E-state index contributed by atoms with van der Waals surface area (Å²) in [7, 11) is 0. The predicted octanol–water partition coefficient (Wildman–Crippen LogP) is 3.70. The summed E-state index contributed by atoms with van der Waals surface area (Å²) in [5.74, 6) is -1.38. The minimum atomic E-state index is -0.875. The zero-order valence-corrected chi connectivity index (χ0v) is 17.6. The smallest absolute Gasteiger partial charge is 0.258 e. The summed E-state index contributed by atoms with van der Waals surface area (Å²) in [6.07, 6.45) is 5.03. The van der Waals surface area contributed by atoms with E-state index in [1.54, 1.807) is 18.2 Å². The van der Waals surface area contributed by atoms with Gasteiger partial charge in [0.25, 0.3) is 5.56 Å². The molecule has 1 aromatic carbocycles. The molecular weight excluding hydrogens is 429 g/mol. The maximum Gasteiger partial charge on any atom is 0.258 e. The first-order chi connectivity index (χ1) is 14.4. The Morgan fingerprint density at radius 2 is 1.90 bits per heavy atom. The second kappa shape index (κ2) is 8.65. The molecule has 0 bridgehead atoms. The van der Waals surface area contributed by atoms with Crippen molar-refractivity contribution in [2.45, 2.75) is 50.5 Å². The van der Waals surface area contributed by atoms with E-state index in [2.05, 4.69) is 25.9 Å². The third-order valence-corrected chi connectivity index (χ3v) is 5.95. The number of hydrogen-bond donors (Lipinski definition) is 4. The Balaban J connectivity index is 1.60. The number of nitrogens with one attached hydrogen (secondary N) is 4. The number of carbonyl (C=O) groups excluding carboxylic acids is 2. The lowest BCUT2D eigenvalue weighted by molar-refractivity contribution is -0.127. The van der Waals surface area contributed by atoms with Crippen LogP contribution >= 0.6 is 23.2 Å². The Kier molecular flexibility index (Phi) is 5.97. The van der Waals surface area contributed by atoms with Crippen molar-refractivity contribution in [3.05, 3.63) is 44.2 Å². The van der Waals surface area contributed by atoms with Gasteiger partial charge in [-0.15, -0.1) is 0 Å². The minimum Gasteiger partial charge on any atom is -0.353 e. The van der Waals surface area contributed by atoms with Crippen LogP contribution in [0.2, 0.25) is 10.0 Å². The Bertz CT molecular complexity index is 1050. The second-order valence-electron chi connectivity index (χ2n) is 7.57. The van der Waals surface area contributed by atoms with Gasteiger partial charge in [-0.25, -0.2) is 0 Å². The number of benzene rings is 1. The van der Waals surface area contributed by atoms with Gasteiger partial charge >= 0.3 is 0 Å². The molecule has 1 saturated carbocycles. The number of carbonyl (C=O) groups is 2. The number of H-pyrrole nitrogens is 1. The largest absolute Gasteiger partial charge is 0.353 e. The molecule has 30 heavy (non-hydrogen) atoms. The van der Waals surface area contributed by atoms with Crippen molar-refractivity contribution in [3.63, 3.8) is 0 Å². The van der Waals surface area contributed by atoms with Crippen molar-refractivity contribution < 1.29 is 9.59 Å². The Labute approximate surface area is 182 Å². The zero-order chi connectivity index (χ0) is 21.3. The van der Waals surface area contributed by atoms with Crippen LogP contribution in [-0.4, -0.2) is 27.8 Å². The normalized spacial score (nSPS) is 19.0. The lowest BCUT2D eigenvalue weighted by Crippen LogP contribution is -2.43. The minimum absolute atomic E-state index is 0.0754. The van der Waals surface area contributed by atoms with Gasteiger partial charge in [-0.05, 0) is 31.0 Å². The first kappa shape index (κ1) is 20.7. The molecule has 1 atom stereocenters. The highest BCUT2D eigenvalue weighted by Crippen LogP contribution is 2.31. The first-order valence-corrected chi connectivity index (χ1v) is 10.6. The van der Waals surface area contributed by atoms with Crippen LogP contribution < -0.4 is 21.5 Å². The van der Waals surface area contributed by atoms with Gasteiger partial charge in [-0.3, -0.25) is 19.4 Å². The fourth-order valence-electron chi connectivity index (χ4n) is 3.92. The molecule has 0 radical (unpaired) electrons. The van der Waals surface area contributed by atoms with Crippen molar-refractivity contribution in [2.24, 2.45) is 0 Å². The van der Waals surface area contributed by atoms with E-state index in [4.69, 9.17) is 23.2 Å².